The van der Waals surface area contributed by atoms with E-state index in [1.807, 2.05) is 104 Å². The summed E-state index contributed by atoms with van der Waals surface area (Å²) < 4.78 is 0. The molecule has 1 saturated heterocycles. The Morgan fingerprint density at radius 3 is 1.58 bits per heavy atom. The van der Waals surface area contributed by atoms with Crippen molar-refractivity contribution in [3.05, 3.63) is 107 Å². The van der Waals surface area contributed by atoms with Crippen molar-refractivity contribution in [3.63, 3.8) is 0 Å². The van der Waals surface area contributed by atoms with Crippen LogP contribution < -0.4 is 0 Å². The Kier molecular flexibility index (Phi) is 6.13. The molecule has 26 heavy (non-hydrogen) atoms. The third-order valence-corrected chi connectivity index (χ3v) is 4.24. The predicted molar refractivity (Wildman–Crippen MR) is 110 cm³/mol. The van der Waals surface area contributed by atoms with Gasteiger partial charge >= 0.3 is 0 Å². The molecule has 0 spiro atoms. The Labute approximate surface area is 155 Å². The molecule has 0 aromatic heterocycles. The topological polar surface area (TPSA) is 20.3 Å². The van der Waals surface area contributed by atoms with E-state index in [2.05, 4.69) is 4.90 Å². The van der Waals surface area contributed by atoms with Crippen LogP contribution in [0.3, 0.4) is 0 Å². The first-order valence-electron chi connectivity index (χ1n) is 8.80. The van der Waals surface area contributed by atoms with Crippen LogP contribution in [-0.4, -0.2) is 30.8 Å². The molecule has 0 unspecified atom stereocenters. The number of benzene rings is 2. The van der Waals surface area contributed by atoms with Crippen LogP contribution in [-0.2, 0) is 4.79 Å². The summed E-state index contributed by atoms with van der Waals surface area (Å²) in [4.78, 5) is 14.9. The van der Waals surface area contributed by atoms with Gasteiger partial charge in [-0.15, -0.1) is 0 Å². The van der Waals surface area contributed by atoms with Crippen molar-refractivity contribution in [1.82, 2.24) is 4.90 Å². The smallest absolute Gasteiger partial charge is 0.187 e. The normalized spacial score (nSPS) is 19.2. The Hall–Kier alpha value is -2.97. The molecule has 0 radical (unpaired) electrons. The van der Waals surface area contributed by atoms with Crippen molar-refractivity contribution in [3.8, 4) is 0 Å². The summed E-state index contributed by atoms with van der Waals surface area (Å²) in [6, 6.07) is 20.2. The maximum Gasteiger partial charge on any atom is 0.187 e. The van der Waals surface area contributed by atoms with E-state index >= 15 is 0 Å². The molecule has 0 N–H and O–H groups in total. The van der Waals surface area contributed by atoms with Gasteiger partial charge in [0, 0.05) is 24.2 Å². The van der Waals surface area contributed by atoms with Crippen LogP contribution in [0.25, 0.3) is 12.2 Å². The number of hydrogen-bond donors (Lipinski definition) is 0. The zero-order chi connectivity index (χ0) is 18.2. The largest absolute Gasteiger partial charge is 0.298 e. The summed E-state index contributed by atoms with van der Waals surface area (Å²) in [6.45, 7) is 1.36. The zero-order valence-corrected chi connectivity index (χ0v) is 15.0. The van der Waals surface area contributed by atoms with Gasteiger partial charge in [0.1, 0.15) is 0 Å². The van der Waals surface area contributed by atoms with Crippen molar-refractivity contribution in [2.45, 2.75) is 0 Å². The molecule has 0 atom stereocenters. The lowest BCUT2D eigenvalue weighted by molar-refractivity contribution is -0.113. The first-order valence-corrected chi connectivity index (χ1v) is 8.80. The van der Waals surface area contributed by atoms with E-state index in [4.69, 9.17) is 0 Å². The molecule has 2 aromatic carbocycles. The third kappa shape index (κ3) is 5.01. The minimum atomic E-state index is 0.138. The van der Waals surface area contributed by atoms with Gasteiger partial charge in [0.05, 0.1) is 0 Å². The molecule has 1 aliphatic rings. The Morgan fingerprint density at radius 1 is 0.731 bits per heavy atom. The number of likely N-dealkylation sites (N-methyl/N-ethyl adjacent to an activating group) is 1. The molecule has 3 rings (SSSR count). The summed E-state index contributed by atoms with van der Waals surface area (Å²) in [7, 11) is 2.04. The van der Waals surface area contributed by atoms with Crippen LogP contribution >= 0.6 is 0 Å². The van der Waals surface area contributed by atoms with Crippen LogP contribution in [0.5, 0.6) is 0 Å². The lowest BCUT2D eigenvalue weighted by atomic mass is 9.97. The number of nitrogens with zero attached hydrogens (tertiary/aromatic N) is 1. The van der Waals surface area contributed by atoms with Gasteiger partial charge in [0.15, 0.2) is 5.78 Å². The number of rotatable bonds is 4. The second kappa shape index (κ2) is 8.93. The van der Waals surface area contributed by atoms with Crippen LogP contribution in [0.1, 0.15) is 11.1 Å². The van der Waals surface area contributed by atoms with Gasteiger partial charge in [0.2, 0.25) is 0 Å². The van der Waals surface area contributed by atoms with Crippen LogP contribution in [0.4, 0.5) is 0 Å². The number of Topliss-reactive ketones (excluding diaryl/α,β-unsaturated/α-hetero) is 1. The van der Waals surface area contributed by atoms with Gasteiger partial charge in [-0.3, -0.25) is 9.69 Å². The fourth-order valence-corrected chi connectivity index (χ4v) is 2.92. The van der Waals surface area contributed by atoms with Gasteiger partial charge in [-0.2, -0.15) is 0 Å². The fourth-order valence-electron chi connectivity index (χ4n) is 2.92. The van der Waals surface area contributed by atoms with E-state index < -0.39 is 0 Å². The Balaban J connectivity index is 1.73. The van der Waals surface area contributed by atoms with Crippen LogP contribution in [0.2, 0.25) is 0 Å². The first-order chi connectivity index (χ1) is 12.7. The summed E-state index contributed by atoms with van der Waals surface area (Å²) in [5.74, 6) is 0.138. The van der Waals surface area contributed by atoms with Gasteiger partial charge in [0.25, 0.3) is 0 Å². The minimum Gasteiger partial charge on any atom is -0.298 e. The molecular formula is C24H23NO. The highest BCUT2D eigenvalue weighted by molar-refractivity contribution is 6.10. The van der Waals surface area contributed by atoms with Crippen LogP contribution in [0.15, 0.2) is 96.1 Å². The molecule has 0 amide bonds. The number of likely N-dealkylation sites (tertiary alicyclic amines) is 1. The van der Waals surface area contributed by atoms with Gasteiger partial charge in [-0.25, -0.2) is 0 Å². The summed E-state index contributed by atoms with van der Waals surface area (Å²) in [5, 5.41) is 0. The quantitative estimate of drug-likeness (QED) is 0.746. The maximum absolute atomic E-state index is 12.7. The number of ketones is 1. The standard InChI is InChI=1S/C24H23NO/c1-25-18-22(16-8-14-20-10-4-2-5-11-20)24(26)23(19-25)17-9-15-21-12-6-3-7-13-21/h2-17H,18-19H2,1H3/b14-8-,15-9+,22-16-,23-17-. The van der Waals surface area contributed by atoms with E-state index in [1.165, 1.54) is 0 Å². The molecule has 1 aliphatic heterocycles. The Morgan fingerprint density at radius 2 is 1.15 bits per heavy atom. The van der Waals surface area contributed by atoms with Gasteiger partial charge in [-0.1, -0.05) is 97.1 Å². The van der Waals surface area contributed by atoms with Crippen molar-refractivity contribution in [1.29, 1.82) is 0 Å². The highest BCUT2D eigenvalue weighted by Crippen LogP contribution is 2.17. The average Bonchev–Trinajstić information content (AvgIpc) is 2.67. The molecular weight excluding hydrogens is 318 g/mol. The second-order valence-corrected chi connectivity index (χ2v) is 6.42. The lowest BCUT2D eigenvalue weighted by Gasteiger charge is -2.25. The number of carbonyl (C=O) groups excluding carboxylic acids is 1. The fraction of sp³-hybridized carbons (Fsp3) is 0.125. The second-order valence-electron chi connectivity index (χ2n) is 6.42. The predicted octanol–water partition coefficient (Wildman–Crippen LogP) is 4.78. The summed E-state index contributed by atoms with van der Waals surface area (Å²) in [6.07, 6.45) is 11.8. The van der Waals surface area contributed by atoms with E-state index in [9.17, 15) is 4.79 Å². The number of piperidine rings is 1. The Bertz CT molecular complexity index is 786. The van der Waals surface area contributed by atoms with Crippen LogP contribution in [0, 0.1) is 0 Å². The molecule has 0 bridgehead atoms. The highest BCUT2D eigenvalue weighted by atomic mass is 16.1. The molecule has 1 fully saturated rings. The summed E-state index contributed by atoms with van der Waals surface area (Å²) in [5.41, 5.74) is 3.90. The molecule has 1 heterocycles. The maximum atomic E-state index is 12.7. The number of hydrogen-bond acceptors (Lipinski definition) is 2. The van der Waals surface area contributed by atoms with Gasteiger partial charge in [-0.05, 0) is 18.2 Å². The highest BCUT2D eigenvalue weighted by Gasteiger charge is 2.22. The average molecular weight is 341 g/mol. The van der Waals surface area contributed by atoms with E-state index in [1.54, 1.807) is 0 Å². The number of carbonyl (C=O) groups is 1. The molecule has 2 nitrogen and oxygen atoms in total. The SMILES string of the molecule is CN1C/C(=C/C=C\c2ccccc2)C(=O)/C(=C\C=C\c2ccccc2)C1. The van der Waals surface area contributed by atoms with E-state index in [0.29, 0.717) is 13.1 Å². The lowest BCUT2D eigenvalue weighted by Crippen LogP contribution is -2.34. The third-order valence-electron chi connectivity index (χ3n) is 4.24. The van der Waals surface area contributed by atoms with Crippen molar-refractivity contribution in [2.24, 2.45) is 0 Å². The monoisotopic (exact) mass is 341 g/mol. The van der Waals surface area contributed by atoms with E-state index in [-0.39, 0.29) is 5.78 Å². The molecule has 0 aliphatic carbocycles. The molecule has 130 valence electrons. The van der Waals surface area contributed by atoms with E-state index in [0.717, 1.165) is 22.3 Å². The zero-order valence-electron chi connectivity index (χ0n) is 15.0. The number of allylic oxidation sites excluding steroid dienone is 4. The van der Waals surface area contributed by atoms with Crippen molar-refractivity contribution < 1.29 is 4.79 Å². The molecule has 0 saturated carbocycles. The van der Waals surface area contributed by atoms with Crippen molar-refractivity contribution >= 4 is 17.9 Å². The summed E-state index contributed by atoms with van der Waals surface area (Å²) >= 11 is 0. The van der Waals surface area contributed by atoms with Crippen molar-refractivity contribution in [2.75, 3.05) is 20.1 Å². The molecule has 2 heteroatoms. The van der Waals surface area contributed by atoms with Gasteiger partial charge < -0.3 is 0 Å². The molecule has 2 aromatic rings. The first kappa shape index (κ1) is 17.8. The minimum absolute atomic E-state index is 0.138.